The molecule has 0 unspecified atom stereocenters. The van der Waals surface area contributed by atoms with Gasteiger partial charge in [-0.2, -0.15) is 0 Å². The van der Waals surface area contributed by atoms with Crippen LogP contribution in [0.3, 0.4) is 0 Å². The van der Waals surface area contributed by atoms with Gasteiger partial charge in [0.05, 0.1) is 11.4 Å². The second-order valence-corrected chi connectivity index (χ2v) is 7.11. The molecule has 6 heteroatoms. The molecule has 3 aromatic rings. The molecule has 2 aromatic carbocycles. The largest absolute Gasteiger partial charge is 0.347 e. The van der Waals surface area contributed by atoms with Crippen LogP contribution < -0.4 is 5.32 Å². The highest BCUT2D eigenvalue weighted by atomic mass is 16.2. The monoisotopic (exact) mass is 377 g/mol. The minimum atomic E-state index is -0.215. The van der Waals surface area contributed by atoms with Gasteiger partial charge in [-0.05, 0) is 56.3 Å². The third kappa shape index (κ3) is 4.64. The highest BCUT2D eigenvalue weighted by Crippen LogP contribution is 2.14. The van der Waals surface area contributed by atoms with Gasteiger partial charge in [0.25, 0.3) is 5.91 Å². The molecule has 3 rings (SSSR count). The Morgan fingerprint density at radius 3 is 2.61 bits per heavy atom. The Balaban J connectivity index is 1.68. The lowest BCUT2D eigenvalue weighted by Gasteiger charge is -2.14. The summed E-state index contributed by atoms with van der Waals surface area (Å²) in [5, 5.41) is 11.2. The number of benzene rings is 2. The average molecular weight is 377 g/mol. The van der Waals surface area contributed by atoms with Gasteiger partial charge < -0.3 is 10.2 Å². The molecule has 1 N–H and O–H groups in total. The number of carbonyl (C=O) groups is 1. The van der Waals surface area contributed by atoms with Crippen LogP contribution in [0, 0.1) is 13.8 Å². The van der Waals surface area contributed by atoms with Gasteiger partial charge in [0.1, 0.15) is 0 Å². The van der Waals surface area contributed by atoms with E-state index in [1.165, 1.54) is 5.56 Å². The van der Waals surface area contributed by atoms with Gasteiger partial charge in [-0.3, -0.25) is 4.79 Å². The molecule has 0 saturated carbocycles. The van der Waals surface area contributed by atoms with Gasteiger partial charge in [-0.1, -0.05) is 48.5 Å². The van der Waals surface area contributed by atoms with E-state index in [1.807, 2.05) is 50.2 Å². The van der Waals surface area contributed by atoms with E-state index in [1.54, 1.807) is 4.68 Å². The summed E-state index contributed by atoms with van der Waals surface area (Å²) in [6, 6.07) is 16.2. The van der Waals surface area contributed by atoms with Crippen molar-refractivity contribution in [3.8, 4) is 5.69 Å². The SMILES string of the molecule is CCN(C)Cc1cccc(CNC(=O)c2nnn(-c3cccc(C)c3)c2C)c1. The van der Waals surface area contributed by atoms with E-state index < -0.39 is 0 Å². The van der Waals surface area contributed by atoms with E-state index in [9.17, 15) is 4.79 Å². The average Bonchev–Trinajstić information content (AvgIpc) is 3.08. The van der Waals surface area contributed by atoms with Crippen LogP contribution in [0.2, 0.25) is 0 Å². The maximum Gasteiger partial charge on any atom is 0.274 e. The summed E-state index contributed by atoms with van der Waals surface area (Å²) in [5.41, 5.74) is 5.41. The molecule has 0 bridgehead atoms. The number of aryl methyl sites for hydroxylation is 1. The maximum absolute atomic E-state index is 12.6. The highest BCUT2D eigenvalue weighted by Gasteiger charge is 2.17. The van der Waals surface area contributed by atoms with Crippen molar-refractivity contribution in [2.45, 2.75) is 33.9 Å². The first-order valence-electron chi connectivity index (χ1n) is 9.52. The third-order valence-electron chi connectivity index (χ3n) is 4.79. The van der Waals surface area contributed by atoms with Crippen LogP contribution in [0.5, 0.6) is 0 Å². The molecule has 0 spiro atoms. The molecule has 1 aromatic heterocycles. The molecule has 0 fully saturated rings. The number of aromatic nitrogens is 3. The summed E-state index contributed by atoms with van der Waals surface area (Å²) in [5.74, 6) is -0.215. The molecule has 146 valence electrons. The lowest BCUT2D eigenvalue weighted by molar-refractivity contribution is 0.0945. The zero-order valence-corrected chi connectivity index (χ0v) is 16.9. The Bertz CT molecular complexity index is 963. The van der Waals surface area contributed by atoms with Gasteiger partial charge in [0, 0.05) is 13.1 Å². The zero-order valence-electron chi connectivity index (χ0n) is 16.9. The molecule has 1 amide bonds. The number of hydrogen-bond donors (Lipinski definition) is 1. The Labute approximate surface area is 166 Å². The molecule has 0 saturated heterocycles. The van der Waals surface area contributed by atoms with Crippen molar-refractivity contribution in [2.75, 3.05) is 13.6 Å². The van der Waals surface area contributed by atoms with E-state index >= 15 is 0 Å². The second-order valence-electron chi connectivity index (χ2n) is 7.11. The Morgan fingerprint density at radius 2 is 1.86 bits per heavy atom. The van der Waals surface area contributed by atoms with Gasteiger partial charge in [-0.25, -0.2) is 4.68 Å². The number of nitrogens with one attached hydrogen (secondary N) is 1. The van der Waals surface area contributed by atoms with Gasteiger partial charge >= 0.3 is 0 Å². The van der Waals surface area contributed by atoms with Crippen molar-refractivity contribution in [2.24, 2.45) is 0 Å². The van der Waals surface area contributed by atoms with Crippen LogP contribution in [0.4, 0.5) is 0 Å². The topological polar surface area (TPSA) is 63.1 Å². The molecule has 28 heavy (non-hydrogen) atoms. The van der Waals surface area contributed by atoms with Crippen molar-refractivity contribution in [1.82, 2.24) is 25.2 Å². The quantitative estimate of drug-likeness (QED) is 0.686. The highest BCUT2D eigenvalue weighted by molar-refractivity contribution is 5.93. The fraction of sp³-hybridized carbons (Fsp3) is 0.318. The fourth-order valence-electron chi connectivity index (χ4n) is 3.07. The van der Waals surface area contributed by atoms with Crippen LogP contribution in [-0.2, 0) is 13.1 Å². The molecule has 1 heterocycles. The molecular formula is C22H27N5O. The van der Waals surface area contributed by atoms with E-state index in [0.717, 1.165) is 35.6 Å². The number of rotatable bonds is 7. The third-order valence-corrected chi connectivity index (χ3v) is 4.79. The zero-order chi connectivity index (χ0) is 20.1. The van der Waals surface area contributed by atoms with Crippen molar-refractivity contribution < 1.29 is 4.79 Å². The fourth-order valence-corrected chi connectivity index (χ4v) is 3.07. The molecule has 0 radical (unpaired) electrons. The van der Waals surface area contributed by atoms with E-state index in [4.69, 9.17) is 0 Å². The summed E-state index contributed by atoms with van der Waals surface area (Å²) in [7, 11) is 2.09. The molecule has 6 nitrogen and oxygen atoms in total. The normalized spacial score (nSPS) is 11.0. The first-order chi connectivity index (χ1) is 13.5. The summed E-state index contributed by atoms with van der Waals surface area (Å²) in [6.45, 7) is 8.36. The van der Waals surface area contributed by atoms with Gasteiger partial charge in [0.15, 0.2) is 5.69 Å². The predicted octanol–water partition coefficient (Wildman–Crippen LogP) is 3.27. The van der Waals surface area contributed by atoms with E-state index in [0.29, 0.717) is 12.2 Å². The van der Waals surface area contributed by atoms with Crippen molar-refractivity contribution >= 4 is 5.91 Å². The summed E-state index contributed by atoms with van der Waals surface area (Å²) in [6.07, 6.45) is 0. The standard InChI is InChI=1S/C22H27N5O/c1-5-26(4)15-19-10-7-9-18(13-19)14-23-22(28)21-17(3)27(25-24-21)20-11-6-8-16(2)12-20/h6-13H,5,14-15H2,1-4H3,(H,23,28). The number of amides is 1. The molecule has 0 atom stereocenters. The summed E-state index contributed by atoms with van der Waals surface area (Å²) < 4.78 is 1.70. The molecule has 0 aliphatic carbocycles. The maximum atomic E-state index is 12.6. The van der Waals surface area contributed by atoms with Crippen LogP contribution in [0.25, 0.3) is 5.69 Å². The van der Waals surface area contributed by atoms with Crippen LogP contribution >= 0.6 is 0 Å². The van der Waals surface area contributed by atoms with Crippen molar-refractivity contribution in [3.05, 3.63) is 76.6 Å². The minimum Gasteiger partial charge on any atom is -0.347 e. The Hall–Kier alpha value is -2.99. The first kappa shape index (κ1) is 19.8. The molecule has 0 aliphatic rings. The minimum absolute atomic E-state index is 0.215. The van der Waals surface area contributed by atoms with Crippen molar-refractivity contribution in [1.29, 1.82) is 0 Å². The Kier molecular flexibility index (Phi) is 6.21. The lowest BCUT2D eigenvalue weighted by atomic mass is 10.1. The number of nitrogens with zero attached hydrogens (tertiary/aromatic N) is 4. The number of hydrogen-bond acceptors (Lipinski definition) is 4. The van der Waals surface area contributed by atoms with Gasteiger partial charge in [-0.15, -0.1) is 5.10 Å². The van der Waals surface area contributed by atoms with Crippen LogP contribution in [-0.4, -0.2) is 39.4 Å². The Morgan fingerprint density at radius 1 is 1.11 bits per heavy atom. The van der Waals surface area contributed by atoms with Crippen molar-refractivity contribution in [3.63, 3.8) is 0 Å². The molecule has 0 aliphatic heterocycles. The van der Waals surface area contributed by atoms with E-state index in [2.05, 4.69) is 46.6 Å². The summed E-state index contributed by atoms with van der Waals surface area (Å²) >= 11 is 0. The van der Waals surface area contributed by atoms with Gasteiger partial charge in [0.2, 0.25) is 0 Å². The lowest BCUT2D eigenvalue weighted by Crippen LogP contribution is -2.24. The smallest absolute Gasteiger partial charge is 0.274 e. The summed E-state index contributed by atoms with van der Waals surface area (Å²) in [4.78, 5) is 14.9. The molecular weight excluding hydrogens is 350 g/mol. The number of carbonyl (C=O) groups excluding carboxylic acids is 1. The second kappa shape index (κ2) is 8.80. The van der Waals surface area contributed by atoms with Crippen LogP contribution in [0.15, 0.2) is 48.5 Å². The first-order valence-corrected chi connectivity index (χ1v) is 9.52. The van der Waals surface area contributed by atoms with E-state index in [-0.39, 0.29) is 5.91 Å². The predicted molar refractivity (Wildman–Crippen MR) is 110 cm³/mol. The van der Waals surface area contributed by atoms with Crippen LogP contribution in [0.1, 0.15) is 39.8 Å².